The monoisotopic (exact) mass is 444 g/mol. The predicted octanol–water partition coefficient (Wildman–Crippen LogP) is 5.55. The van der Waals surface area contributed by atoms with E-state index in [0.717, 1.165) is 17.0 Å². The molecule has 6 nitrogen and oxygen atoms in total. The van der Waals surface area contributed by atoms with Crippen molar-refractivity contribution in [3.8, 4) is 22.5 Å². The van der Waals surface area contributed by atoms with Crippen molar-refractivity contribution in [2.75, 3.05) is 4.90 Å². The van der Waals surface area contributed by atoms with E-state index in [1.54, 1.807) is 24.3 Å². The van der Waals surface area contributed by atoms with Gasteiger partial charge < -0.3 is 4.52 Å². The fraction of sp³-hybridized carbons (Fsp3) is 0.0476. The molecule has 0 fully saturated rings. The summed E-state index contributed by atoms with van der Waals surface area (Å²) >= 11 is 6.27. The summed E-state index contributed by atoms with van der Waals surface area (Å²) in [6, 6.07) is 9.75. The van der Waals surface area contributed by atoms with E-state index in [-0.39, 0.29) is 39.1 Å². The van der Waals surface area contributed by atoms with E-state index in [9.17, 15) is 18.0 Å². The second-order valence-corrected chi connectivity index (χ2v) is 6.74. The topological polar surface area (TPSA) is 72.1 Å². The molecule has 1 amide bonds. The standard InChI is InChI=1S/C21H12ClF3N4O2/c1-11(30)29(16-5-3-2-4-13(16)22)21-17(15-8-9-26-10-27-15)20(28-31-21)12-6-7-14(23)19(25)18(12)24/h2-10H,1H3. The van der Waals surface area contributed by atoms with E-state index in [1.165, 1.54) is 25.5 Å². The first-order chi connectivity index (χ1) is 14.9. The molecule has 0 spiro atoms. The normalized spacial score (nSPS) is 10.9. The van der Waals surface area contributed by atoms with Crippen molar-refractivity contribution >= 4 is 29.1 Å². The molecule has 0 saturated carbocycles. The molecule has 4 rings (SSSR count). The Morgan fingerprint density at radius 2 is 1.84 bits per heavy atom. The highest BCUT2D eigenvalue weighted by molar-refractivity contribution is 6.34. The number of aromatic nitrogens is 3. The lowest BCUT2D eigenvalue weighted by Crippen LogP contribution is -2.23. The van der Waals surface area contributed by atoms with E-state index >= 15 is 0 Å². The van der Waals surface area contributed by atoms with Crippen LogP contribution in [0.2, 0.25) is 5.02 Å². The van der Waals surface area contributed by atoms with Crippen LogP contribution >= 0.6 is 11.6 Å². The summed E-state index contributed by atoms with van der Waals surface area (Å²) in [7, 11) is 0. The SMILES string of the molecule is CC(=O)N(c1ccccc1Cl)c1onc(-c2ccc(F)c(F)c2F)c1-c1ccncn1. The minimum absolute atomic E-state index is 0.0717. The van der Waals surface area contributed by atoms with E-state index in [2.05, 4.69) is 15.1 Å². The van der Waals surface area contributed by atoms with E-state index < -0.39 is 23.4 Å². The highest BCUT2D eigenvalue weighted by Crippen LogP contribution is 2.43. The number of carbonyl (C=O) groups is 1. The van der Waals surface area contributed by atoms with Gasteiger partial charge in [-0.05, 0) is 30.3 Å². The van der Waals surface area contributed by atoms with Crippen LogP contribution in [0, 0.1) is 17.5 Å². The third kappa shape index (κ3) is 3.64. The van der Waals surface area contributed by atoms with Crippen molar-refractivity contribution in [3.63, 3.8) is 0 Å². The van der Waals surface area contributed by atoms with Crippen molar-refractivity contribution in [2.45, 2.75) is 6.92 Å². The van der Waals surface area contributed by atoms with Gasteiger partial charge in [-0.2, -0.15) is 0 Å². The first-order valence-corrected chi connectivity index (χ1v) is 9.23. The number of amides is 1. The molecule has 0 N–H and O–H groups in total. The zero-order valence-corrected chi connectivity index (χ0v) is 16.6. The number of anilines is 2. The van der Waals surface area contributed by atoms with E-state index in [1.807, 2.05) is 0 Å². The van der Waals surface area contributed by atoms with Crippen LogP contribution in [0.3, 0.4) is 0 Å². The zero-order valence-electron chi connectivity index (χ0n) is 15.8. The average molecular weight is 445 g/mol. The second kappa shape index (κ2) is 8.19. The smallest absolute Gasteiger partial charge is 0.248 e. The fourth-order valence-corrected chi connectivity index (χ4v) is 3.27. The van der Waals surface area contributed by atoms with E-state index in [0.29, 0.717) is 0 Å². The maximum atomic E-state index is 14.6. The largest absolute Gasteiger partial charge is 0.336 e. The number of hydrogen-bond donors (Lipinski definition) is 0. The van der Waals surface area contributed by atoms with Crippen LogP contribution in [0.15, 0.2) is 59.5 Å². The molecule has 4 aromatic rings. The Bertz CT molecular complexity index is 1280. The van der Waals surface area contributed by atoms with Gasteiger partial charge in [0.25, 0.3) is 0 Å². The van der Waals surface area contributed by atoms with Crippen molar-refractivity contribution in [1.82, 2.24) is 15.1 Å². The van der Waals surface area contributed by atoms with Gasteiger partial charge in [-0.25, -0.2) is 28.0 Å². The molecule has 0 saturated heterocycles. The Kier molecular flexibility index (Phi) is 5.43. The summed E-state index contributed by atoms with van der Waals surface area (Å²) in [6.45, 7) is 1.27. The molecule has 0 atom stereocenters. The second-order valence-electron chi connectivity index (χ2n) is 6.33. The maximum Gasteiger partial charge on any atom is 0.248 e. The van der Waals surface area contributed by atoms with Gasteiger partial charge in [0.05, 0.1) is 22.0 Å². The molecule has 2 heterocycles. The Morgan fingerprint density at radius 1 is 1.06 bits per heavy atom. The lowest BCUT2D eigenvalue weighted by Gasteiger charge is -2.20. The highest BCUT2D eigenvalue weighted by atomic mass is 35.5. The summed E-state index contributed by atoms with van der Waals surface area (Å²) in [5.41, 5.74) is 0.0140. The molecule has 0 bridgehead atoms. The lowest BCUT2D eigenvalue weighted by atomic mass is 10.0. The van der Waals surface area contributed by atoms with Crippen LogP contribution in [0.4, 0.5) is 24.7 Å². The molecule has 2 aromatic carbocycles. The van der Waals surface area contributed by atoms with Crippen LogP contribution in [-0.4, -0.2) is 21.0 Å². The van der Waals surface area contributed by atoms with Crippen LogP contribution in [0.1, 0.15) is 6.92 Å². The summed E-state index contributed by atoms with van der Waals surface area (Å²) in [4.78, 5) is 21.6. The van der Waals surface area contributed by atoms with E-state index in [4.69, 9.17) is 16.1 Å². The number of rotatable bonds is 4. The Morgan fingerprint density at radius 3 is 2.52 bits per heavy atom. The van der Waals surface area contributed by atoms with Gasteiger partial charge in [0, 0.05) is 18.7 Å². The number of benzene rings is 2. The van der Waals surface area contributed by atoms with Crippen molar-refractivity contribution in [3.05, 3.63) is 77.5 Å². The summed E-state index contributed by atoms with van der Waals surface area (Å²) in [6.07, 6.45) is 2.64. The summed E-state index contributed by atoms with van der Waals surface area (Å²) in [5.74, 6) is -5.09. The molecular formula is C21H12ClF3N4O2. The molecule has 0 unspecified atom stereocenters. The Balaban J connectivity index is 2.02. The number of para-hydroxylation sites is 1. The Labute approximate surface area is 178 Å². The molecule has 10 heteroatoms. The van der Waals surface area contributed by atoms with Gasteiger partial charge in [0.2, 0.25) is 11.8 Å². The third-order valence-electron chi connectivity index (χ3n) is 4.41. The predicted molar refractivity (Wildman–Crippen MR) is 107 cm³/mol. The molecule has 156 valence electrons. The first kappa shape index (κ1) is 20.5. The molecule has 0 aliphatic rings. The van der Waals surface area contributed by atoms with Crippen molar-refractivity contribution in [1.29, 1.82) is 0 Å². The number of nitrogens with zero attached hydrogens (tertiary/aromatic N) is 4. The number of carbonyl (C=O) groups excluding carboxylic acids is 1. The first-order valence-electron chi connectivity index (χ1n) is 8.85. The average Bonchev–Trinajstić information content (AvgIpc) is 3.18. The Hall–Kier alpha value is -3.72. The molecule has 0 radical (unpaired) electrons. The maximum absolute atomic E-state index is 14.6. The van der Waals surface area contributed by atoms with Crippen LogP contribution in [0.5, 0.6) is 0 Å². The van der Waals surface area contributed by atoms with Gasteiger partial charge in [-0.3, -0.25) is 4.79 Å². The molecule has 31 heavy (non-hydrogen) atoms. The van der Waals surface area contributed by atoms with Gasteiger partial charge in [-0.1, -0.05) is 28.9 Å². The lowest BCUT2D eigenvalue weighted by molar-refractivity contribution is -0.116. The summed E-state index contributed by atoms with van der Waals surface area (Å²) in [5, 5.41) is 4.09. The van der Waals surface area contributed by atoms with Gasteiger partial charge in [-0.15, -0.1) is 0 Å². The quantitative estimate of drug-likeness (QED) is 0.386. The summed E-state index contributed by atoms with van der Waals surface area (Å²) < 4.78 is 47.3. The fourth-order valence-electron chi connectivity index (χ4n) is 3.05. The van der Waals surface area contributed by atoms with Crippen molar-refractivity contribution < 1.29 is 22.5 Å². The highest BCUT2D eigenvalue weighted by Gasteiger charge is 2.31. The van der Waals surface area contributed by atoms with Gasteiger partial charge in [0.1, 0.15) is 12.0 Å². The minimum Gasteiger partial charge on any atom is -0.336 e. The zero-order chi connectivity index (χ0) is 22.1. The minimum atomic E-state index is -1.66. The molecule has 0 aliphatic heterocycles. The van der Waals surface area contributed by atoms with Gasteiger partial charge >= 0.3 is 0 Å². The number of halogens is 4. The van der Waals surface area contributed by atoms with Crippen LogP contribution < -0.4 is 4.90 Å². The molecular weight excluding hydrogens is 433 g/mol. The third-order valence-corrected chi connectivity index (χ3v) is 4.73. The number of hydrogen-bond acceptors (Lipinski definition) is 5. The molecule has 2 aromatic heterocycles. The van der Waals surface area contributed by atoms with Crippen LogP contribution in [0.25, 0.3) is 22.5 Å². The van der Waals surface area contributed by atoms with Crippen LogP contribution in [-0.2, 0) is 4.79 Å². The van der Waals surface area contributed by atoms with Gasteiger partial charge in [0.15, 0.2) is 17.5 Å². The molecule has 0 aliphatic carbocycles. The van der Waals surface area contributed by atoms with Crippen molar-refractivity contribution in [2.24, 2.45) is 0 Å².